The first-order valence-corrected chi connectivity index (χ1v) is 10.7. The minimum absolute atomic E-state index is 0. The highest BCUT2D eigenvalue weighted by atomic mass is 79.9. The number of hydrogen-bond acceptors (Lipinski definition) is 3. The molecular weight excluding hydrogens is 511 g/mol. The van der Waals surface area contributed by atoms with Gasteiger partial charge in [0.2, 0.25) is 0 Å². The molecule has 8 heteroatoms. The minimum Gasteiger partial charge on any atom is -1.00 e. The minimum atomic E-state index is -0.615. The van der Waals surface area contributed by atoms with E-state index < -0.39 is 11.9 Å². The third kappa shape index (κ3) is 5.67. The van der Waals surface area contributed by atoms with Crippen LogP contribution in [0.2, 0.25) is 0 Å². The fourth-order valence-electron chi connectivity index (χ4n) is 3.78. The van der Waals surface area contributed by atoms with Crippen LogP contribution in [-0.4, -0.2) is 21.5 Å². The molecule has 2 heterocycles. The summed E-state index contributed by atoms with van der Waals surface area (Å²) in [6, 6.07) is 22.2. The van der Waals surface area contributed by atoms with Gasteiger partial charge in [-0.3, -0.25) is 14.3 Å². The van der Waals surface area contributed by atoms with Crippen molar-refractivity contribution in [2.45, 2.75) is 6.54 Å². The highest BCUT2D eigenvalue weighted by molar-refractivity contribution is 6.09. The molecule has 0 radical (unpaired) electrons. The number of carbonyl (C=O) groups excluding carboxylic acids is 2. The number of amides is 3. The summed E-state index contributed by atoms with van der Waals surface area (Å²) in [6.45, 7) is 0.620. The lowest BCUT2D eigenvalue weighted by Gasteiger charge is -2.06. The molecule has 0 aliphatic heterocycles. The number of aromatic nitrogens is 2. The van der Waals surface area contributed by atoms with Crippen LogP contribution in [0.4, 0.5) is 14.9 Å². The van der Waals surface area contributed by atoms with Gasteiger partial charge in [0, 0.05) is 17.1 Å². The van der Waals surface area contributed by atoms with E-state index in [0.29, 0.717) is 17.8 Å². The highest BCUT2D eigenvalue weighted by Crippen LogP contribution is 2.18. The number of hydrogen-bond donors (Lipinski definition) is 2. The van der Waals surface area contributed by atoms with Crippen molar-refractivity contribution in [3.05, 3.63) is 114 Å². The van der Waals surface area contributed by atoms with Gasteiger partial charge in [0.05, 0.1) is 36.6 Å². The molecular formula is C27H20BrFN4O2. The van der Waals surface area contributed by atoms with E-state index in [1.165, 1.54) is 12.1 Å². The molecule has 2 aromatic heterocycles. The Balaban J connectivity index is 0.00000289. The molecule has 0 atom stereocenters. The summed E-state index contributed by atoms with van der Waals surface area (Å²) in [7, 11) is 0. The zero-order chi connectivity index (χ0) is 23.5. The predicted octanol–water partition coefficient (Wildman–Crippen LogP) is 2.62. The van der Waals surface area contributed by atoms with E-state index in [-0.39, 0.29) is 22.8 Å². The molecule has 0 fully saturated rings. The van der Waals surface area contributed by atoms with E-state index in [0.717, 1.165) is 27.2 Å². The van der Waals surface area contributed by atoms with Crippen molar-refractivity contribution in [2.24, 2.45) is 0 Å². The van der Waals surface area contributed by atoms with Crippen LogP contribution in [0.25, 0.3) is 21.7 Å². The van der Waals surface area contributed by atoms with Gasteiger partial charge >= 0.3 is 6.03 Å². The Morgan fingerprint density at radius 2 is 1.69 bits per heavy atom. The van der Waals surface area contributed by atoms with Crippen molar-refractivity contribution in [3.63, 3.8) is 0 Å². The first-order valence-electron chi connectivity index (χ1n) is 10.7. The summed E-state index contributed by atoms with van der Waals surface area (Å²) in [5.41, 5.74) is 2.77. The summed E-state index contributed by atoms with van der Waals surface area (Å²) in [5.74, 6) is -0.747. The second-order valence-corrected chi connectivity index (χ2v) is 7.90. The van der Waals surface area contributed by atoms with Gasteiger partial charge < -0.3 is 17.0 Å². The molecule has 0 spiro atoms. The van der Waals surface area contributed by atoms with Crippen molar-refractivity contribution in [1.82, 2.24) is 14.9 Å². The third-order valence-corrected chi connectivity index (χ3v) is 5.47. The molecule has 0 aliphatic rings. The highest BCUT2D eigenvalue weighted by Gasteiger charge is 2.15. The maximum atomic E-state index is 13.4. The number of fused-ring (bicyclic) bond motifs is 2. The second kappa shape index (κ2) is 10.4. The van der Waals surface area contributed by atoms with Crippen molar-refractivity contribution >= 4 is 39.3 Å². The Hall–Kier alpha value is -4.17. The number of nitrogens with one attached hydrogen (secondary N) is 2. The fourth-order valence-corrected chi connectivity index (χ4v) is 3.78. The number of imide groups is 1. The van der Waals surface area contributed by atoms with Gasteiger partial charge in [0.1, 0.15) is 11.5 Å². The van der Waals surface area contributed by atoms with Crippen molar-refractivity contribution < 1.29 is 31.0 Å². The Kier molecular flexibility index (Phi) is 7.12. The van der Waals surface area contributed by atoms with Gasteiger partial charge in [-0.05, 0) is 58.8 Å². The standard InChI is InChI=1S/C27H19FN4O2.BrH/c28-23-7-5-19-14-18(3-4-20(19)16-23)17-32-12-9-24(10-13-32)30-27(34)31-26(33)22-6-8-25-21(15-22)2-1-11-29-25;/h1-16H,17H2,(H-,30,31,33,34);1H. The second-order valence-electron chi connectivity index (χ2n) is 7.90. The van der Waals surface area contributed by atoms with E-state index in [1.54, 1.807) is 48.7 Å². The van der Waals surface area contributed by atoms with E-state index in [4.69, 9.17) is 0 Å². The Bertz CT molecular complexity index is 1540. The number of urea groups is 1. The lowest BCUT2D eigenvalue weighted by Crippen LogP contribution is -3.00. The third-order valence-electron chi connectivity index (χ3n) is 5.47. The first-order chi connectivity index (χ1) is 16.5. The molecule has 0 aliphatic carbocycles. The number of nitrogens with zero attached hydrogens (tertiary/aromatic N) is 2. The van der Waals surface area contributed by atoms with Crippen LogP contribution in [0.1, 0.15) is 15.9 Å². The van der Waals surface area contributed by atoms with Gasteiger partial charge in [-0.15, -0.1) is 0 Å². The van der Waals surface area contributed by atoms with Crippen molar-refractivity contribution in [1.29, 1.82) is 0 Å². The largest absolute Gasteiger partial charge is 1.00 e. The van der Waals surface area contributed by atoms with Crippen LogP contribution in [0, 0.1) is 5.82 Å². The van der Waals surface area contributed by atoms with E-state index in [1.807, 2.05) is 41.2 Å². The van der Waals surface area contributed by atoms with Crippen LogP contribution >= 0.6 is 0 Å². The summed E-state index contributed by atoms with van der Waals surface area (Å²) >= 11 is 0. The number of carbonyl (C=O) groups is 2. The Morgan fingerprint density at radius 3 is 2.51 bits per heavy atom. The molecule has 174 valence electrons. The average Bonchev–Trinajstić information content (AvgIpc) is 2.85. The SMILES string of the molecule is O=C(NC(=O)c1ccc2ncccc2c1)N[c+]1ccn(Cc2ccc3cc(F)ccc3c2)cc1.[Br-]. The van der Waals surface area contributed by atoms with Crippen molar-refractivity contribution in [3.8, 4) is 0 Å². The van der Waals surface area contributed by atoms with Crippen LogP contribution in [0.3, 0.4) is 0 Å². The molecule has 5 rings (SSSR count). The Morgan fingerprint density at radius 1 is 0.914 bits per heavy atom. The van der Waals surface area contributed by atoms with Crippen molar-refractivity contribution in [2.75, 3.05) is 5.32 Å². The maximum absolute atomic E-state index is 13.4. The molecule has 2 N–H and O–H groups in total. The summed E-state index contributed by atoms with van der Waals surface area (Å²) < 4.78 is 15.3. The van der Waals surface area contributed by atoms with Crippen LogP contribution in [-0.2, 0) is 6.54 Å². The van der Waals surface area contributed by atoms with E-state index >= 15 is 0 Å². The molecule has 3 amide bonds. The summed E-state index contributed by atoms with van der Waals surface area (Å²) in [4.78, 5) is 29.0. The van der Waals surface area contributed by atoms with E-state index in [9.17, 15) is 14.0 Å². The van der Waals surface area contributed by atoms with Crippen LogP contribution in [0.15, 0.2) is 97.5 Å². The van der Waals surface area contributed by atoms with E-state index in [2.05, 4.69) is 15.6 Å². The molecule has 6 nitrogen and oxygen atoms in total. The van der Waals surface area contributed by atoms with Crippen LogP contribution < -0.4 is 27.6 Å². The van der Waals surface area contributed by atoms with Crippen LogP contribution in [0.5, 0.6) is 0 Å². The number of halogens is 2. The quantitative estimate of drug-likeness (QED) is 0.351. The van der Waals surface area contributed by atoms with Gasteiger partial charge in [0.15, 0.2) is 0 Å². The lowest BCUT2D eigenvalue weighted by atomic mass is 10.1. The topological polar surface area (TPSA) is 76.0 Å². The number of pyridine rings is 2. The number of benzene rings is 3. The normalized spacial score (nSPS) is 10.5. The zero-order valence-electron chi connectivity index (χ0n) is 18.4. The monoisotopic (exact) mass is 530 g/mol. The molecule has 3 aromatic carbocycles. The van der Waals surface area contributed by atoms with Gasteiger partial charge in [-0.2, -0.15) is 4.79 Å². The maximum Gasteiger partial charge on any atom is 0.398 e. The van der Waals surface area contributed by atoms with Gasteiger partial charge in [0.25, 0.3) is 5.91 Å². The Labute approximate surface area is 211 Å². The number of rotatable bonds is 4. The van der Waals surface area contributed by atoms with Gasteiger partial charge in [-0.1, -0.05) is 24.3 Å². The zero-order valence-corrected chi connectivity index (χ0v) is 20.0. The lowest BCUT2D eigenvalue weighted by molar-refractivity contribution is -0.0000196. The molecule has 0 bridgehead atoms. The fraction of sp³-hybridized carbons (Fsp3) is 0.0370. The molecule has 0 saturated carbocycles. The smallest absolute Gasteiger partial charge is 0.398 e. The molecule has 0 unspecified atom stereocenters. The summed E-state index contributed by atoms with van der Waals surface area (Å²) in [6.07, 6.45) is 5.36. The van der Waals surface area contributed by atoms with Gasteiger partial charge in [-0.25, -0.2) is 15.0 Å². The molecule has 5 aromatic rings. The number of anilines is 1. The predicted molar refractivity (Wildman–Crippen MR) is 130 cm³/mol. The molecule has 35 heavy (non-hydrogen) atoms. The first kappa shape index (κ1) is 24.0. The summed E-state index contributed by atoms with van der Waals surface area (Å²) in [5, 5.41) is 7.66. The molecule has 0 saturated heterocycles. The average molecular weight is 531 g/mol.